The van der Waals surface area contributed by atoms with Gasteiger partial charge in [0, 0.05) is 154 Å². The van der Waals surface area contributed by atoms with Crippen LogP contribution in [0.4, 0.5) is 65.2 Å². The average Bonchev–Trinajstić information content (AvgIpc) is 1.20. The molecule has 6 atom stereocenters. The van der Waals surface area contributed by atoms with Crippen molar-refractivity contribution in [1.82, 2.24) is 64.3 Å². The summed E-state index contributed by atoms with van der Waals surface area (Å²) in [7, 11) is 4.20. The van der Waals surface area contributed by atoms with Crippen molar-refractivity contribution in [2.24, 2.45) is 0 Å². The zero-order chi connectivity index (χ0) is 92.5. The molecule has 6 saturated heterocycles. The number of nitrogens with zero attached hydrogens (tertiary/aromatic N) is 22. The predicted molar refractivity (Wildman–Crippen MR) is 494 cm³/mol. The second-order valence-electron chi connectivity index (χ2n) is 34.4. The second kappa shape index (κ2) is 42.0. The Balaban J connectivity index is 0.000000151. The van der Waals surface area contributed by atoms with E-state index in [2.05, 4.69) is 135 Å². The third-order valence-corrected chi connectivity index (χ3v) is 27.9. The van der Waals surface area contributed by atoms with Gasteiger partial charge >= 0.3 is 18.2 Å². The van der Waals surface area contributed by atoms with Crippen molar-refractivity contribution in [3.05, 3.63) is 212 Å². The summed E-state index contributed by atoms with van der Waals surface area (Å²) in [4.78, 5) is 105. The Bertz CT molecular complexity index is 5740. The van der Waals surface area contributed by atoms with E-state index in [-0.39, 0.29) is 82.2 Å². The summed E-state index contributed by atoms with van der Waals surface area (Å²) < 4.78 is 109. The van der Waals surface area contributed by atoms with Gasteiger partial charge < -0.3 is 77.9 Å². The van der Waals surface area contributed by atoms with Crippen LogP contribution in [0.2, 0.25) is 10.0 Å². The van der Waals surface area contributed by atoms with E-state index < -0.39 is 76.8 Å². The fourth-order valence-corrected chi connectivity index (χ4v) is 21.2. The third kappa shape index (κ3) is 21.2. The van der Waals surface area contributed by atoms with E-state index in [1.807, 2.05) is 42.3 Å². The van der Waals surface area contributed by atoms with Crippen molar-refractivity contribution in [3.8, 4) is 12.0 Å². The summed E-state index contributed by atoms with van der Waals surface area (Å²) in [5.74, 6) is -2.41. The Labute approximate surface area is 772 Å². The number of aryl methyl sites for hydroxylation is 1. The van der Waals surface area contributed by atoms with Gasteiger partial charge in [0.15, 0.2) is 22.6 Å². The summed E-state index contributed by atoms with van der Waals surface area (Å²) in [6, 6.07) is 24.5. The number of alkyl halides is 4. The number of ether oxygens (including phenoxy) is 2. The van der Waals surface area contributed by atoms with E-state index >= 15 is 0 Å². The van der Waals surface area contributed by atoms with Crippen molar-refractivity contribution < 1.29 is 54.6 Å². The van der Waals surface area contributed by atoms with Gasteiger partial charge in [0.2, 0.25) is 19.6 Å². The molecule has 131 heavy (non-hydrogen) atoms. The predicted octanol–water partition coefficient (Wildman–Crippen LogP) is 14.2. The number of hydrogen-bond acceptors (Lipinski definition) is 22. The first kappa shape index (κ1) is 94.3. The van der Waals surface area contributed by atoms with Crippen LogP contribution in [0, 0.1) is 26.6 Å². The number of benzene rings is 4. The molecule has 3 amide bonds. The Morgan fingerprint density at radius 2 is 0.924 bits per heavy atom. The maximum absolute atomic E-state index is 14.0. The molecule has 0 N–H and O–H groups in total. The van der Waals surface area contributed by atoms with Gasteiger partial charge in [-0.15, -0.1) is 0 Å². The van der Waals surface area contributed by atoms with E-state index in [0.717, 1.165) is 132 Å². The smallest absolute Gasteiger partial charge is 0.419 e. The number of rotatable bonds is 23. The molecule has 0 bridgehead atoms. The molecule has 6 fully saturated rings. The lowest BCUT2D eigenvalue weighted by molar-refractivity contribution is -0.137. The molecular weight excluding hydrogens is 1750 g/mol. The summed E-state index contributed by atoms with van der Waals surface area (Å²) in [6.07, 6.45) is 5.51. The molecule has 17 rings (SSSR count). The number of halogens is 9. The molecule has 27 nitrogen and oxygen atoms in total. The largest absolute Gasteiger partial charge is 0.462 e. The van der Waals surface area contributed by atoms with Gasteiger partial charge in [0.1, 0.15) is 61.0 Å². The quantitative estimate of drug-likeness (QED) is 0.0191. The highest BCUT2D eigenvalue weighted by atomic mass is 35.5. The molecule has 0 radical (unpaired) electrons. The number of likely N-dealkylation sites (N-methyl/N-ethyl adjacent to an activating group) is 1. The number of aromatic nitrogens is 7. The lowest BCUT2D eigenvalue weighted by Crippen LogP contribution is -2.57. The van der Waals surface area contributed by atoms with Crippen LogP contribution in [0.15, 0.2) is 128 Å². The number of pyridine rings is 1. The molecule has 13 heterocycles. The lowest BCUT2D eigenvalue weighted by Gasteiger charge is -2.41. The molecule has 0 saturated carbocycles. The number of amides is 3. The van der Waals surface area contributed by atoms with Crippen molar-refractivity contribution in [2.45, 2.75) is 132 Å². The van der Waals surface area contributed by atoms with Crippen molar-refractivity contribution >= 4 is 109 Å². The van der Waals surface area contributed by atoms with E-state index in [9.17, 15) is 45.1 Å². The molecule has 4 aromatic heterocycles. The van der Waals surface area contributed by atoms with Crippen molar-refractivity contribution in [2.75, 3.05) is 193 Å². The molecule has 37 heteroatoms. The topological polar surface area (TPSA) is 212 Å². The first-order chi connectivity index (χ1) is 63.2. The third-order valence-electron chi connectivity index (χ3n) is 26.3. The van der Waals surface area contributed by atoms with Gasteiger partial charge in [0.05, 0.1) is 58.6 Å². The highest BCUT2D eigenvalue weighted by Crippen LogP contribution is 2.45. The van der Waals surface area contributed by atoms with E-state index in [0.29, 0.717) is 120 Å². The molecule has 4 aromatic carbocycles. The van der Waals surface area contributed by atoms with Crippen LogP contribution < -0.4 is 38.9 Å². The molecule has 690 valence electrons. The Hall–Kier alpha value is -11.4. The number of anilines is 6. The number of likely N-dealkylation sites (tertiary alicyclic amines) is 3. The van der Waals surface area contributed by atoms with Crippen molar-refractivity contribution in [3.63, 3.8) is 0 Å². The van der Waals surface area contributed by atoms with Crippen LogP contribution in [0.25, 0.3) is 36.1 Å². The fraction of sp³-hybridized carbons (Fsp3) is 0.479. The van der Waals surface area contributed by atoms with E-state index in [1.165, 1.54) is 49.6 Å². The molecular formula is C94H105Cl2F7N22O5S. The maximum Gasteiger partial charge on any atom is 0.419 e. The number of thioether (sulfide) groups is 1. The average molecular weight is 1860 g/mol. The van der Waals surface area contributed by atoms with Crippen LogP contribution in [0.3, 0.4) is 0 Å². The molecule has 8 aromatic rings. The van der Waals surface area contributed by atoms with Crippen LogP contribution in [0.1, 0.15) is 83.4 Å². The van der Waals surface area contributed by atoms with Crippen LogP contribution in [-0.4, -0.2) is 282 Å². The van der Waals surface area contributed by atoms with Gasteiger partial charge in [-0.3, -0.25) is 24.3 Å². The number of carbonyl (C=O) groups is 3. The molecule has 9 aliphatic heterocycles. The van der Waals surface area contributed by atoms with Crippen molar-refractivity contribution in [1.29, 1.82) is 0 Å². The van der Waals surface area contributed by atoms with Gasteiger partial charge in [-0.2, -0.15) is 33.1 Å². The lowest BCUT2D eigenvalue weighted by atomic mass is 9.99. The summed E-state index contributed by atoms with van der Waals surface area (Å²) in [5.41, 5.74) is 7.61. The SMILES string of the molecule is [C-]#[N+]C[C@H]1CN(c2nc(OC[C@@H]3CCCN3C)nc3c2CCN(c2cncc(Cl)c2C(F)(F)F)C3)CCN1C(=O)C(=C)F.[C-]#[N+]C[C@H]1CN(c2nc(OC[C@@H]3CCCN3CCF)nc3c2CCN(c2cccc4cccc(Cl)c24)C3)CCN1C(=O)C(=C)F.[C-]#[N+]C[C@H]1CN(c2nc(SC[C@@H]3CCCN3C)nc3c2CCN(c2cccc4cccc(C)c24)C3)CCN1C(=O)C(=C)F. The van der Waals surface area contributed by atoms with Crippen LogP contribution in [-0.2, 0) is 59.5 Å². The number of piperazine rings is 3. The Morgan fingerprint density at radius 3 is 1.39 bits per heavy atom. The van der Waals surface area contributed by atoms with Gasteiger partial charge in [0.25, 0.3) is 17.7 Å². The Morgan fingerprint density at radius 1 is 0.496 bits per heavy atom. The number of fused-ring (bicyclic) bond motifs is 5. The standard InChI is InChI=1S/C33H36ClF2N7O2.C33H38FN7OS.C28H31ClF4N8O2/c1-22(36)32(44)43-17-16-42(19-25(43)18-37-2)31-26-11-14-41(29-10-4-7-23-6-3-9-27(34)30(23)29)20-28(26)38-33(39-31)45-21-24-8-5-13-40(24)15-12-35;1-22-8-5-9-24-10-6-12-29(30(22)24)39-15-13-27-28(20-39)36-33(43-21-25-11-7-14-38(25)4)37-31(27)40-16-17-41(32(42)23(2)34)26(19-40)18-35-3;1-17(30)26(42)41-10-9-40(14-19(41)11-34-2)25-20-6-8-39(23-13-35-12-21(29)24(23)28(31,32)33)15-22(20)36-27(37-25)43-16-18-5-4-7-38(18)3/h3-4,6-7,9-10,24-25H,1,5,8,11-21H2;5-6,8-10,12,25-26H,2,7,11,13-21H2,1,4H3;12-13,18-19H,1,4-11,14-16H2,3H3/t24-,25-;25-,26-;18-,19-/m000/s1. The highest BCUT2D eigenvalue weighted by molar-refractivity contribution is 7.99. The Kier molecular flexibility index (Phi) is 30.2. The van der Waals surface area contributed by atoms with Gasteiger partial charge in [-0.1, -0.05) is 109 Å². The minimum atomic E-state index is -4.69. The number of hydrogen-bond donors (Lipinski definition) is 0. The maximum atomic E-state index is 14.0. The second-order valence-corrected chi connectivity index (χ2v) is 36.2. The summed E-state index contributed by atoms with van der Waals surface area (Å²) in [5, 5.41) is 5.52. The first-order valence-corrected chi connectivity index (χ1v) is 46.0. The van der Waals surface area contributed by atoms with Crippen LogP contribution >= 0.6 is 35.0 Å². The van der Waals surface area contributed by atoms with Crippen LogP contribution in [0.5, 0.6) is 12.0 Å². The van der Waals surface area contributed by atoms with E-state index in [4.69, 9.17) is 77.3 Å². The normalized spacial score (nSPS) is 20.7. The minimum absolute atomic E-state index is 0.0290. The number of carbonyl (C=O) groups excluding carboxylic acids is 3. The minimum Gasteiger partial charge on any atom is -0.462 e. The van der Waals surface area contributed by atoms with Gasteiger partial charge in [-0.25, -0.2) is 47.2 Å². The molecule has 0 spiro atoms. The summed E-state index contributed by atoms with van der Waals surface area (Å²) >= 11 is 14.3. The zero-order valence-corrected chi connectivity index (χ0v) is 75.9. The summed E-state index contributed by atoms with van der Waals surface area (Å²) in [6.45, 7) is 43.5. The molecule has 0 aliphatic carbocycles. The zero-order valence-electron chi connectivity index (χ0n) is 73.6. The van der Waals surface area contributed by atoms with Gasteiger partial charge in [-0.05, 0) is 133 Å². The van der Waals surface area contributed by atoms with E-state index in [1.54, 1.807) is 16.7 Å². The molecule has 9 aliphatic rings. The monoisotopic (exact) mass is 1860 g/mol. The first-order valence-electron chi connectivity index (χ1n) is 44.3. The molecule has 0 unspecified atom stereocenters. The fourth-order valence-electron chi connectivity index (χ4n) is 19.6. The highest BCUT2D eigenvalue weighted by Gasteiger charge is 2.44.